The van der Waals surface area contributed by atoms with Gasteiger partial charge in [-0.25, -0.2) is 4.98 Å². The van der Waals surface area contributed by atoms with Crippen molar-refractivity contribution in [2.75, 3.05) is 13.2 Å². The van der Waals surface area contributed by atoms with E-state index in [0.717, 1.165) is 34.4 Å². The van der Waals surface area contributed by atoms with Crippen LogP contribution in [0.3, 0.4) is 0 Å². The molecule has 0 amide bonds. The van der Waals surface area contributed by atoms with Gasteiger partial charge in [-0.05, 0) is 31.1 Å². The van der Waals surface area contributed by atoms with E-state index in [9.17, 15) is 0 Å². The van der Waals surface area contributed by atoms with Crippen molar-refractivity contribution in [2.24, 2.45) is 11.8 Å². The zero-order valence-corrected chi connectivity index (χ0v) is 11.4. The van der Waals surface area contributed by atoms with E-state index < -0.39 is 0 Å². The first-order chi connectivity index (χ1) is 9.87. The van der Waals surface area contributed by atoms with Crippen molar-refractivity contribution in [3.8, 4) is 11.5 Å². The maximum absolute atomic E-state index is 5.64. The SMILES string of the molecule is c1c2c(cc3[nH]c(C4CC5CCC4C5)nc13)OCCO2. The van der Waals surface area contributed by atoms with E-state index in [2.05, 4.69) is 4.98 Å². The molecule has 3 unspecified atom stereocenters. The minimum absolute atomic E-state index is 0.627. The lowest BCUT2D eigenvalue weighted by atomic mass is 9.88. The van der Waals surface area contributed by atoms with Crippen LogP contribution in [-0.4, -0.2) is 23.2 Å². The number of rotatable bonds is 1. The predicted octanol–water partition coefficient (Wildman–Crippen LogP) is 3.24. The van der Waals surface area contributed by atoms with Crippen molar-refractivity contribution in [3.05, 3.63) is 18.0 Å². The Morgan fingerprint density at radius 3 is 2.65 bits per heavy atom. The van der Waals surface area contributed by atoms with Crippen molar-refractivity contribution >= 4 is 11.0 Å². The monoisotopic (exact) mass is 270 g/mol. The highest BCUT2D eigenvalue weighted by Crippen LogP contribution is 2.52. The Hall–Kier alpha value is -1.71. The molecule has 4 nitrogen and oxygen atoms in total. The summed E-state index contributed by atoms with van der Waals surface area (Å²) in [6, 6.07) is 4.05. The van der Waals surface area contributed by atoms with Gasteiger partial charge in [0, 0.05) is 18.1 Å². The molecule has 0 saturated heterocycles. The number of nitrogens with one attached hydrogen (secondary N) is 1. The number of aromatic amines is 1. The molecule has 2 aromatic rings. The van der Waals surface area contributed by atoms with Gasteiger partial charge in [-0.3, -0.25) is 0 Å². The van der Waals surface area contributed by atoms with Crippen molar-refractivity contribution in [1.29, 1.82) is 0 Å². The highest BCUT2D eigenvalue weighted by molar-refractivity contribution is 5.80. The highest BCUT2D eigenvalue weighted by atomic mass is 16.6. The first-order valence-electron chi connectivity index (χ1n) is 7.66. The van der Waals surface area contributed by atoms with E-state index in [1.54, 1.807) is 0 Å². The average Bonchev–Trinajstić information content (AvgIpc) is 3.18. The molecule has 2 heterocycles. The summed E-state index contributed by atoms with van der Waals surface area (Å²) < 4.78 is 11.3. The largest absolute Gasteiger partial charge is 0.486 e. The van der Waals surface area contributed by atoms with Gasteiger partial charge in [-0.15, -0.1) is 0 Å². The van der Waals surface area contributed by atoms with Crippen molar-refractivity contribution in [2.45, 2.75) is 31.6 Å². The van der Waals surface area contributed by atoms with E-state index in [-0.39, 0.29) is 0 Å². The van der Waals surface area contributed by atoms with Crippen molar-refractivity contribution in [1.82, 2.24) is 9.97 Å². The van der Waals surface area contributed by atoms with Crippen LogP contribution in [0.1, 0.15) is 37.4 Å². The van der Waals surface area contributed by atoms with Crippen molar-refractivity contribution in [3.63, 3.8) is 0 Å². The van der Waals surface area contributed by atoms with Gasteiger partial charge in [0.15, 0.2) is 11.5 Å². The first-order valence-corrected chi connectivity index (χ1v) is 7.66. The molecule has 1 aliphatic heterocycles. The van der Waals surface area contributed by atoms with Gasteiger partial charge in [0.1, 0.15) is 19.0 Å². The molecule has 2 bridgehead atoms. The molecule has 1 N–H and O–H groups in total. The molecule has 1 aromatic heterocycles. The van der Waals surface area contributed by atoms with Crippen molar-refractivity contribution < 1.29 is 9.47 Å². The van der Waals surface area contributed by atoms with E-state index in [1.807, 2.05) is 12.1 Å². The standard InChI is InChI=1S/C16H18N2O2/c1-2-10-5-9(1)6-11(10)16-17-12-7-14-15(8-13(12)18-16)20-4-3-19-14/h7-11H,1-6H2,(H,17,18). The van der Waals surface area contributed by atoms with Crippen LogP contribution in [0.25, 0.3) is 11.0 Å². The zero-order chi connectivity index (χ0) is 13.1. The number of benzene rings is 1. The lowest BCUT2D eigenvalue weighted by Gasteiger charge is -2.18. The van der Waals surface area contributed by atoms with E-state index in [0.29, 0.717) is 19.1 Å². The van der Waals surface area contributed by atoms with Crippen LogP contribution >= 0.6 is 0 Å². The fraction of sp³-hybridized carbons (Fsp3) is 0.562. The van der Waals surface area contributed by atoms with Gasteiger partial charge in [-0.2, -0.15) is 0 Å². The van der Waals surface area contributed by atoms with Gasteiger partial charge in [0.05, 0.1) is 11.0 Å². The Kier molecular flexibility index (Phi) is 2.15. The summed E-state index contributed by atoms with van der Waals surface area (Å²) in [6.45, 7) is 1.26. The maximum atomic E-state index is 5.64. The Morgan fingerprint density at radius 1 is 1.05 bits per heavy atom. The summed E-state index contributed by atoms with van der Waals surface area (Å²) in [5.74, 6) is 5.27. The minimum Gasteiger partial charge on any atom is -0.486 e. The summed E-state index contributed by atoms with van der Waals surface area (Å²) in [5, 5.41) is 0. The number of imidazole rings is 1. The number of fused-ring (bicyclic) bond motifs is 4. The molecule has 1 aromatic carbocycles. The number of ether oxygens (including phenoxy) is 2. The zero-order valence-electron chi connectivity index (χ0n) is 11.4. The van der Waals surface area contributed by atoms with E-state index in [1.165, 1.54) is 31.5 Å². The van der Waals surface area contributed by atoms with E-state index >= 15 is 0 Å². The third-order valence-electron chi connectivity index (χ3n) is 5.25. The summed E-state index contributed by atoms with van der Waals surface area (Å²) in [7, 11) is 0. The number of aromatic nitrogens is 2. The third kappa shape index (κ3) is 1.51. The molecule has 5 rings (SSSR count). The summed E-state index contributed by atoms with van der Waals surface area (Å²) in [6.07, 6.45) is 5.54. The molecular weight excluding hydrogens is 252 g/mol. The second kappa shape index (κ2) is 3.90. The van der Waals surface area contributed by atoms with Gasteiger partial charge >= 0.3 is 0 Å². The van der Waals surface area contributed by atoms with Crippen LogP contribution in [0, 0.1) is 11.8 Å². The molecule has 20 heavy (non-hydrogen) atoms. The lowest BCUT2D eigenvalue weighted by molar-refractivity contribution is 0.172. The topological polar surface area (TPSA) is 47.1 Å². The van der Waals surface area contributed by atoms with Crippen LogP contribution in [0.15, 0.2) is 12.1 Å². The van der Waals surface area contributed by atoms with Gasteiger partial charge < -0.3 is 14.5 Å². The Balaban J connectivity index is 1.57. The van der Waals surface area contributed by atoms with Gasteiger partial charge in [0.25, 0.3) is 0 Å². The first kappa shape index (κ1) is 11.0. The number of hydrogen-bond acceptors (Lipinski definition) is 3. The van der Waals surface area contributed by atoms with Crippen LogP contribution in [0.4, 0.5) is 0 Å². The minimum atomic E-state index is 0.627. The Morgan fingerprint density at radius 2 is 1.90 bits per heavy atom. The molecule has 104 valence electrons. The fourth-order valence-electron chi connectivity index (χ4n) is 4.32. The average molecular weight is 270 g/mol. The van der Waals surface area contributed by atoms with Crippen LogP contribution in [0.2, 0.25) is 0 Å². The van der Waals surface area contributed by atoms with Crippen LogP contribution < -0.4 is 9.47 Å². The molecule has 0 spiro atoms. The Bertz CT molecular complexity index is 635. The maximum Gasteiger partial charge on any atom is 0.163 e. The second-order valence-electron chi connectivity index (χ2n) is 6.42. The van der Waals surface area contributed by atoms with Gasteiger partial charge in [0.2, 0.25) is 0 Å². The fourth-order valence-corrected chi connectivity index (χ4v) is 4.32. The molecular formula is C16H18N2O2. The molecule has 4 heteroatoms. The molecule has 3 atom stereocenters. The van der Waals surface area contributed by atoms with Crippen LogP contribution in [0.5, 0.6) is 11.5 Å². The third-order valence-corrected chi connectivity index (χ3v) is 5.25. The number of H-pyrrole nitrogens is 1. The number of nitrogens with zero attached hydrogens (tertiary/aromatic N) is 1. The number of hydrogen-bond donors (Lipinski definition) is 1. The van der Waals surface area contributed by atoms with Crippen LogP contribution in [-0.2, 0) is 0 Å². The summed E-state index contributed by atoms with van der Waals surface area (Å²) in [4.78, 5) is 8.36. The molecule has 0 radical (unpaired) electrons. The smallest absolute Gasteiger partial charge is 0.163 e. The molecule has 2 fully saturated rings. The molecule has 2 saturated carbocycles. The predicted molar refractivity (Wildman–Crippen MR) is 75.3 cm³/mol. The molecule has 3 aliphatic rings. The highest BCUT2D eigenvalue weighted by Gasteiger charge is 2.41. The summed E-state index contributed by atoms with van der Waals surface area (Å²) >= 11 is 0. The van der Waals surface area contributed by atoms with E-state index in [4.69, 9.17) is 14.5 Å². The summed E-state index contributed by atoms with van der Waals surface area (Å²) in [5.41, 5.74) is 2.08. The second-order valence-corrected chi connectivity index (χ2v) is 6.42. The van der Waals surface area contributed by atoms with Gasteiger partial charge in [-0.1, -0.05) is 6.42 Å². The normalized spacial score (nSPS) is 31.1. The Labute approximate surface area is 117 Å². The lowest BCUT2D eigenvalue weighted by Crippen LogP contribution is -2.15. The molecule has 2 aliphatic carbocycles. The quantitative estimate of drug-likeness (QED) is 0.865.